The smallest absolute Gasteiger partial charge is 0.271 e. The number of hydrogen-bond acceptors (Lipinski definition) is 4. The molecule has 6 nitrogen and oxygen atoms in total. The average molecular weight is 355 g/mol. The molecule has 0 saturated carbocycles. The SMILES string of the molecule is O=C(NCC(O)c1ccccc1)c1cc(COc2cccc(F)c2)[nH]n1. The van der Waals surface area contributed by atoms with Crippen molar-refractivity contribution in [2.24, 2.45) is 0 Å². The van der Waals surface area contributed by atoms with Gasteiger partial charge >= 0.3 is 0 Å². The molecule has 3 aromatic rings. The Labute approximate surface area is 149 Å². The molecule has 0 fully saturated rings. The number of H-pyrrole nitrogens is 1. The van der Waals surface area contributed by atoms with Gasteiger partial charge in [-0.15, -0.1) is 0 Å². The van der Waals surface area contributed by atoms with Crippen molar-refractivity contribution in [3.05, 3.63) is 83.4 Å². The molecule has 0 spiro atoms. The lowest BCUT2D eigenvalue weighted by molar-refractivity contribution is 0.0911. The number of carbonyl (C=O) groups is 1. The normalized spacial score (nSPS) is 11.8. The summed E-state index contributed by atoms with van der Waals surface area (Å²) < 4.78 is 18.5. The van der Waals surface area contributed by atoms with Crippen LogP contribution in [0.25, 0.3) is 0 Å². The monoisotopic (exact) mass is 355 g/mol. The fourth-order valence-electron chi connectivity index (χ4n) is 2.34. The van der Waals surface area contributed by atoms with E-state index in [0.29, 0.717) is 11.4 Å². The van der Waals surface area contributed by atoms with Gasteiger partial charge in [-0.1, -0.05) is 36.4 Å². The summed E-state index contributed by atoms with van der Waals surface area (Å²) in [6, 6.07) is 16.4. The zero-order chi connectivity index (χ0) is 18.4. The molecule has 134 valence electrons. The molecule has 0 aliphatic carbocycles. The summed E-state index contributed by atoms with van der Waals surface area (Å²) in [5.41, 5.74) is 1.48. The minimum Gasteiger partial charge on any atom is -0.487 e. The molecule has 0 saturated heterocycles. The Morgan fingerprint density at radius 2 is 2.00 bits per heavy atom. The van der Waals surface area contributed by atoms with Crippen molar-refractivity contribution < 1.29 is 19.0 Å². The molecule has 1 aromatic heterocycles. The first kappa shape index (κ1) is 17.6. The Kier molecular flexibility index (Phi) is 5.60. The summed E-state index contributed by atoms with van der Waals surface area (Å²) in [5, 5.41) is 19.3. The van der Waals surface area contributed by atoms with Crippen LogP contribution in [-0.4, -0.2) is 27.8 Å². The second kappa shape index (κ2) is 8.26. The predicted octanol–water partition coefficient (Wildman–Crippen LogP) is 2.59. The highest BCUT2D eigenvalue weighted by Gasteiger charge is 2.13. The number of nitrogens with one attached hydrogen (secondary N) is 2. The van der Waals surface area contributed by atoms with Crippen LogP contribution in [0.5, 0.6) is 5.75 Å². The van der Waals surface area contributed by atoms with Gasteiger partial charge in [-0.05, 0) is 23.8 Å². The maximum atomic E-state index is 13.1. The largest absolute Gasteiger partial charge is 0.487 e. The number of ether oxygens (including phenoxy) is 1. The number of hydrogen-bond donors (Lipinski definition) is 3. The molecular weight excluding hydrogens is 337 g/mol. The minimum atomic E-state index is -0.796. The van der Waals surface area contributed by atoms with Gasteiger partial charge < -0.3 is 15.2 Å². The molecule has 1 heterocycles. The summed E-state index contributed by atoms with van der Waals surface area (Å²) in [4.78, 5) is 12.1. The third kappa shape index (κ3) is 4.67. The van der Waals surface area contributed by atoms with E-state index in [-0.39, 0.29) is 24.7 Å². The van der Waals surface area contributed by atoms with Gasteiger partial charge in [0.1, 0.15) is 23.9 Å². The lowest BCUT2D eigenvalue weighted by atomic mass is 10.1. The number of amides is 1. The van der Waals surface area contributed by atoms with E-state index in [1.54, 1.807) is 30.3 Å². The van der Waals surface area contributed by atoms with Crippen molar-refractivity contribution in [2.75, 3.05) is 6.54 Å². The molecule has 2 aromatic carbocycles. The van der Waals surface area contributed by atoms with E-state index in [9.17, 15) is 14.3 Å². The molecule has 7 heteroatoms. The molecule has 0 aliphatic rings. The summed E-state index contributed by atoms with van der Waals surface area (Å²) >= 11 is 0. The molecule has 0 radical (unpaired) electrons. The Morgan fingerprint density at radius 3 is 2.77 bits per heavy atom. The van der Waals surface area contributed by atoms with Crippen LogP contribution in [0.15, 0.2) is 60.7 Å². The number of aromatic nitrogens is 2. The van der Waals surface area contributed by atoms with Crippen LogP contribution in [0.3, 0.4) is 0 Å². The average Bonchev–Trinajstić information content (AvgIpc) is 3.14. The van der Waals surface area contributed by atoms with Crippen LogP contribution in [0.1, 0.15) is 27.8 Å². The zero-order valence-electron chi connectivity index (χ0n) is 13.9. The van der Waals surface area contributed by atoms with Crippen LogP contribution in [-0.2, 0) is 6.61 Å². The molecule has 0 aliphatic heterocycles. The molecule has 1 amide bonds. The summed E-state index contributed by atoms with van der Waals surface area (Å²) in [6.45, 7) is 0.196. The van der Waals surface area contributed by atoms with E-state index in [4.69, 9.17) is 4.74 Å². The third-order valence-corrected chi connectivity index (χ3v) is 3.69. The fourth-order valence-corrected chi connectivity index (χ4v) is 2.34. The molecule has 0 bridgehead atoms. The predicted molar refractivity (Wildman–Crippen MR) is 93.1 cm³/mol. The number of rotatable bonds is 7. The highest BCUT2D eigenvalue weighted by molar-refractivity contribution is 5.92. The quantitative estimate of drug-likeness (QED) is 0.608. The number of halogens is 1. The Bertz CT molecular complexity index is 867. The molecule has 26 heavy (non-hydrogen) atoms. The number of benzene rings is 2. The van der Waals surface area contributed by atoms with Crippen molar-refractivity contribution in [1.82, 2.24) is 15.5 Å². The van der Waals surface area contributed by atoms with Gasteiger partial charge in [-0.3, -0.25) is 9.89 Å². The number of nitrogens with zero attached hydrogens (tertiary/aromatic N) is 1. The molecule has 1 unspecified atom stereocenters. The van der Waals surface area contributed by atoms with Gasteiger partial charge in [-0.25, -0.2) is 4.39 Å². The summed E-state index contributed by atoms with van der Waals surface area (Å²) in [5.74, 6) is -0.408. The van der Waals surface area contributed by atoms with E-state index >= 15 is 0 Å². The number of carbonyl (C=O) groups excluding carboxylic acids is 1. The molecule has 3 N–H and O–H groups in total. The summed E-state index contributed by atoms with van der Waals surface area (Å²) in [6.07, 6.45) is -0.796. The van der Waals surface area contributed by atoms with Crippen molar-refractivity contribution in [2.45, 2.75) is 12.7 Å². The maximum Gasteiger partial charge on any atom is 0.271 e. The number of aromatic amines is 1. The van der Waals surface area contributed by atoms with Gasteiger partial charge in [0.2, 0.25) is 0 Å². The van der Waals surface area contributed by atoms with Crippen LogP contribution >= 0.6 is 0 Å². The van der Waals surface area contributed by atoms with Gasteiger partial charge in [0.25, 0.3) is 5.91 Å². The first-order valence-electron chi connectivity index (χ1n) is 8.05. The third-order valence-electron chi connectivity index (χ3n) is 3.69. The fraction of sp³-hybridized carbons (Fsp3) is 0.158. The second-order valence-electron chi connectivity index (χ2n) is 5.66. The lowest BCUT2D eigenvalue weighted by Crippen LogP contribution is -2.28. The van der Waals surface area contributed by atoms with Gasteiger partial charge in [-0.2, -0.15) is 5.10 Å². The Balaban J connectivity index is 1.51. The van der Waals surface area contributed by atoms with E-state index in [2.05, 4.69) is 15.5 Å². The minimum absolute atomic E-state index is 0.0742. The first-order valence-corrected chi connectivity index (χ1v) is 8.05. The van der Waals surface area contributed by atoms with Gasteiger partial charge in [0, 0.05) is 12.6 Å². The molecule has 1 atom stereocenters. The van der Waals surface area contributed by atoms with Crippen LogP contribution in [0.4, 0.5) is 4.39 Å². The van der Waals surface area contributed by atoms with E-state index in [1.165, 1.54) is 12.1 Å². The van der Waals surface area contributed by atoms with Crippen LogP contribution < -0.4 is 10.1 Å². The van der Waals surface area contributed by atoms with E-state index in [1.807, 2.05) is 18.2 Å². The maximum absolute atomic E-state index is 13.1. The highest BCUT2D eigenvalue weighted by atomic mass is 19.1. The lowest BCUT2D eigenvalue weighted by Gasteiger charge is -2.11. The van der Waals surface area contributed by atoms with Crippen LogP contribution in [0.2, 0.25) is 0 Å². The number of aliphatic hydroxyl groups is 1. The second-order valence-corrected chi connectivity index (χ2v) is 5.66. The summed E-state index contributed by atoms with van der Waals surface area (Å²) in [7, 11) is 0. The van der Waals surface area contributed by atoms with Gasteiger partial charge in [0.05, 0.1) is 11.8 Å². The van der Waals surface area contributed by atoms with Crippen molar-refractivity contribution in [3.63, 3.8) is 0 Å². The van der Waals surface area contributed by atoms with E-state index in [0.717, 1.165) is 5.56 Å². The van der Waals surface area contributed by atoms with Gasteiger partial charge in [0.15, 0.2) is 0 Å². The molecule has 3 rings (SSSR count). The Morgan fingerprint density at radius 1 is 1.19 bits per heavy atom. The Hall–Kier alpha value is -3.19. The van der Waals surface area contributed by atoms with Crippen molar-refractivity contribution >= 4 is 5.91 Å². The first-order chi connectivity index (χ1) is 12.6. The zero-order valence-corrected chi connectivity index (χ0v) is 13.9. The number of aliphatic hydroxyl groups excluding tert-OH is 1. The van der Waals surface area contributed by atoms with E-state index < -0.39 is 12.0 Å². The topological polar surface area (TPSA) is 87.2 Å². The van der Waals surface area contributed by atoms with Crippen molar-refractivity contribution in [3.8, 4) is 5.75 Å². The highest BCUT2D eigenvalue weighted by Crippen LogP contribution is 2.14. The standard InChI is InChI=1S/C19H18FN3O3/c20-14-7-4-8-16(9-14)26-12-15-10-17(23-22-15)19(25)21-11-18(24)13-5-2-1-3-6-13/h1-10,18,24H,11-12H2,(H,21,25)(H,22,23). The van der Waals surface area contributed by atoms with Crippen LogP contribution in [0, 0.1) is 5.82 Å². The van der Waals surface area contributed by atoms with Crippen molar-refractivity contribution in [1.29, 1.82) is 0 Å². The molecular formula is C19H18FN3O3.